The van der Waals surface area contributed by atoms with Gasteiger partial charge in [0.25, 0.3) is 0 Å². The van der Waals surface area contributed by atoms with Gasteiger partial charge < -0.3 is 5.32 Å². The van der Waals surface area contributed by atoms with E-state index in [0.29, 0.717) is 5.69 Å². The largest absolute Gasteiger partial charge is 0.325 e. The SMILES string of the molecule is Cc1ccc(NC(=O)NC(=O)CN2CCC[C@H]2c2ccsc2)c(C)c1. The van der Waals surface area contributed by atoms with E-state index in [1.165, 1.54) is 5.56 Å². The van der Waals surface area contributed by atoms with E-state index >= 15 is 0 Å². The van der Waals surface area contributed by atoms with Crippen LogP contribution in [0, 0.1) is 13.8 Å². The van der Waals surface area contributed by atoms with Gasteiger partial charge in [-0.3, -0.25) is 15.0 Å². The number of nitrogens with one attached hydrogen (secondary N) is 2. The fourth-order valence-corrected chi connectivity index (χ4v) is 4.02. The Kier molecular flexibility index (Phi) is 5.50. The molecule has 0 spiro atoms. The molecule has 1 fully saturated rings. The molecule has 0 radical (unpaired) electrons. The van der Waals surface area contributed by atoms with Crippen LogP contribution in [0.1, 0.15) is 35.6 Å². The van der Waals surface area contributed by atoms with Gasteiger partial charge in [0.2, 0.25) is 5.91 Å². The highest BCUT2D eigenvalue weighted by atomic mass is 32.1. The summed E-state index contributed by atoms with van der Waals surface area (Å²) in [4.78, 5) is 26.5. The quantitative estimate of drug-likeness (QED) is 0.874. The Hall–Kier alpha value is -2.18. The lowest BCUT2D eigenvalue weighted by Crippen LogP contribution is -2.41. The van der Waals surface area contributed by atoms with E-state index in [-0.39, 0.29) is 18.5 Å². The predicted molar refractivity (Wildman–Crippen MR) is 101 cm³/mol. The van der Waals surface area contributed by atoms with Gasteiger partial charge in [0.15, 0.2) is 0 Å². The summed E-state index contributed by atoms with van der Waals surface area (Å²) in [6, 6.07) is 7.68. The first kappa shape index (κ1) is 17.6. The molecule has 0 aliphatic carbocycles. The molecule has 1 aliphatic rings. The number of carbonyl (C=O) groups is 2. The Bertz CT molecular complexity index is 758. The van der Waals surface area contributed by atoms with Crippen LogP contribution in [-0.4, -0.2) is 29.9 Å². The zero-order valence-corrected chi connectivity index (χ0v) is 15.4. The van der Waals surface area contributed by atoms with Crippen molar-refractivity contribution in [2.75, 3.05) is 18.4 Å². The summed E-state index contributed by atoms with van der Waals surface area (Å²) < 4.78 is 0. The number of benzene rings is 1. The number of aryl methyl sites for hydroxylation is 2. The van der Waals surface area contributed by atoms with Gasteiger partial charge in [-0.15, -0.1) is 0 Å². The van der Waals surface area contributed by atoms with Gasteiger partial charge in [0.1, 0.15) is 0 Å². The number of rotatable bonds is 4. The van der Waals surface area contributed by atoms with Crippen LogP contribution < -0.4 is 10.6 Å². The second kappa shape index (κ2) is 7.80. The van der Waals surface area contributed by atoms with E-state index in [2.05, 4.69) is 32.4 Å². The molecule has 2 N–H and O–H groups in total. The minimum atomic E-state index is -0.483. The fourth-order valence-electron chi connectivity index (χ4n) is 3.32. The molecule has 2 aromatic rings. The lowest BCUT2D eigenvalue weighted by atomic mass is 10.1. The number of urea groups is 1. The normalized spacial score (nSPS) is 17.4. The second-order valence-electron chi connectivity index (χ2n) is 6.51. The molecule has 2 heterocycles. The molecule has 1 atom stereocenters. The summed E-state index contributed by atoms with van der Waals surface area (Å²) in [5.74, 6) is -0.274. The van der Waals surface area contributed by atoms with Crippen molar-refractivity contribution in [1.82, 2.24) is 10.2 Å². The molecule has 132 valence electrons. The molecule has 0 unspecified atom stereocenters. The van der Waals surface area contributed by atoms with Crippen LogP contribution in [0.25, 0.3) is 0 Å². The third kappa shape index (κ3) is 4.46. The molecular formula is C19H23N3O2S. The summed E-state index contributed by atoms with van der Waals surface area (Å²) in [7, 11) is 0. The number of nitrogens with zero attached hydrogens (tertiary/aromatic N) is 1. The Labute approximate surface area is 152 Å². The average molecular weight is 357 g/mol. The summed E-state index contributed by atoms with van der Waals surface area (Å²) in [5.41, 5.74) is 4.08. The first-order chi connectivity index (χ1) is 12.0. The number of imide groups is 1. The first-order valence-corrected chi connectivity index (χ1v) is 9.41. The molecule has 1 aromatic carbocycles. The van der Waals surface area contributed by atoms with Gasteiger partial charge in [0.05, 0.1) is 6.54 Å². The van der Waals surface area contributed by atoms with Crippen LogP contribution in [0.3, 0.4) is 0 Å². The van der Waals surface area contributed by atoms with Crippen LogP contribution in [0.5, 0.6) is 0 Å². The molecule has 1 aromatic heterocycles. The van der Waals surface area contributed by atoms with Crippen LogP contribution >= 0.6 is 11.3 Å². The predicted octanol–water partition coefficient (Wildman–Crippen LogP) is 3.85. The highest BCUT2D eigenvalue weighted by molar-refractivity contribution is 7.07. The first-order valence-electron chi connectivity index (χ1n) is 8.47. The molecule has 3 amide bonds. The van der Waals surface area contributed by atoms with Crippen molar-refractivity contribution in [2.24, 2.45) is 0 Å². The average Bonchev–Trinajstić information content (AvgIpc) is 3.20. The van der Waals surface area contributed by atoms with Crippen molar-refractivity contribution in [3.05, 3.63) is 51.7 Å². The van der Waals surface area contributed by atoms with Gasteiger partial charge in [-0.05, 0) is 67.3 Å². The number of hydrogen-bond donors (Lipinski definition) is 2. The highest BCUT2D eigenvalue weighted by Gasteiger charge is 2.28. The smallest absolute Gasteiger partial charge is 0.307 e. The highest BCUT2D eigenvalue weighted by Crippen LogP contribution is 2.32. The standard InChI is InChI=1S/C19H23N3O2S/c1-13-5-6-16(14(2)10-13)20-19(24)21-18(23)11-22-8-3-4-17(22)15-7-9-25-12-15/h5-7,9-10,12,17H,3-4,8,11H2,1-2H3,(H2,20,21,23,24)/t17-/m0/s1. The van der Waals surface area contributed by atoms with E-state index in [0.717, 1.165) is 30.5 Å². The second-order valence-corrected chi connectivity index (χ2v) is 7.29. The van der Waals surface area contributed by atoms with Crippen LogP contribution in [0.4, 0.5) is 10.5 Å². The van der Waals surface area contributed by atoms with E-state index in [1.54, 1.807) is 11.3 Å². The summed E-state index contributed by atoms with van der Waals surface area (Å²) in [6.45, 7) is 5.05. The Morgan fingerprint density at radius 1 is 1.28 bits per heavy atom. The van der Waals surface area contributed by atoms with Crippen molar-refractivity contribution in [3.63, 3.8) is 0 Å². The summed E-state index contributed by atoms with van der Waals surface area (Å²) in [6.07, 6.45) is 2.13. The van der Waals surface area contributed by atoms with Crippen molar-refractivity contribution >= 4 is 29.0 Å². The minimum absolute atomic E-state index is 0.237. The maximum absolute atomic E-state index is 12.2. The van der Waals surface area contributed by atoms with E-state index in [1.807, 2.05) is 32.0 Å². The van der Waals surface area contributed by atoms with Gasteiger partial charge >= 0.3 is 6.03 Å². The zero-order valence-electron chi connectivity index (χ0n) is 14.5. The maximum Gasteiger partial charge on any atom is 0.325 e. The lowest BCUT2D eigenvalue weighted by molar-refractivity contribution is -0.121. The molecule has 3 rings (SSSR count). The van der Waals surface area contributed by atoms with E-state index in [9.17, 15) is 9.59 Å². The van der Waals surface area contributed by atoms with Crippen molar-refractivity contribution < 1.29 is 9.59 Å². The molecule has 6 heteroatoms. The maximum atomic E-state index is 12.2. The Morgan fingerprint density at radius 2 is 2.12 bits per heavy atom. The van der Waals surface area contributed by atoms with E-state index in [4.69, 9.17) is 0 Å². The summed E-state index contributed by atoms with van der Waals surface area (Å²) >= 11 is 1.67. The van der Waals surface area contributed by atoms with Crippen LogP contribution in [0.2, 0.25) is 0 Å². The fraction of sp³-hybridized carbons (Fsp3) is 0.368. The molecular weight excluding hydrogens is 334 g/mol. The molecule has 25 heavy (non-hydrogen) atoms. The molecule has 0 bridgehead atoms. The Morgan fingerprint density at radius 3 is 2.84 bits per heavy atom. The van der Waals surface area contributed by atoms with Gasteiger partial charge in [-0.2, -0.15) is 11.3 Å². The number of amides is 3. The minimum Gasteiger partial charge on any atom is -0.307 e. The third-order valence-electron chi connectivity index (χ3n) is 4.52. The van der Waals surface area contributed by atoms with E-state index < -0.39 is 6.03 Å². The van der Waals surface area contributed by atoms with Gasteiger partial charge in [-0.1, -0.05) is 17.7 Å². The van der Waals surface area contributed by atoms with Crippen molar-refractivity contribution in [3.8, 4) is 0 Å². The monoisotopic (exact) mass is 357 g/mol. The topological polar surface area (TPSA) is 61.4 Å². The summed E-state index contributed by atoms with van der Waals surface area (Å²) in [5, 5.41) is 9.37. The number of hydrogen-bond acceptors (Lipinski definition) is 4. The number of thiophene rings is 1. The van der Waals surface area contributed by atoms with Gasteiger partial charge in [-0.25, -0.2) is 4.79 Å². The van der Waals surface area contributed by atoms with Crippen LogP contribution in [0.15, 0.2) is 35.0 Å². The van der Waals surface area contributed by atoms with Crippen molar-refractivity contribution in [1.29, 1.82) is 0 Å². The molecule has 5 nitrogen and oxygen atoms in total. The van der Waals surface area contributed by atoms with Crippen LogP contribution in [-0.2, 0) is 4.79 Å². The third-order valence-corrected chi connectivity index (χ3v) is 5.22. The lowest BCUT2D eigenvalue weighted by Gasteiger charge is -2.23. The Balaban J connectivity index is 1.54. The number of likely N-dealkylation sites (tertiary alicyclic amines) is 1. The van der Waals surface area contributed by atoms with Gasteiger partial charge in [0, 0.05) is 11.7 Å². The van der Waals surface area contributed by atoms with Crippen molar-refractivity contribution in [2.45, 2.75) is 32.7 Å². The molecule has 1 aliphatic heterocycles. The molecule has 1 saturated heterocycles. The molecule has 0 saturated carbocycles. The number of anilines is 1. The number of carbonyl (C=O) groups excluding carboxylic acids is 2. The zero-order chi connectivity index (χ0) is 17.8.